The van der Waals surface area contributed by atoms with Crippen molar-refractivity contribution in [2.45, 2.75) is 31.1 Å². The number of sulfone groups is 1. The highest BCUT2D eigenvalue weighted by Crippen LogP contribution is 2.26. The number of carbonyl (C=O) groups is 1. The minimum Gasteiger partial charge on any atom is -0.351 e. The van der Waals surface area contributed by atoms with Crippen molar-refractivity contribution in [3.63, 3.8) is 0 Å². The van der Waals surface area contributed by atoms with E-state index in [-0.39, 0.29) is 16.6 Å². The largest absolute Gasteiger partial charge is 0.351 e. The van der Waals surface area contributed by atoms with Gasteiger partial charge in [0, 0.05) is 25.3 Å². The Bertz CT molecular complexity index is 811. The highest BCUT2D eigenvalue weighted by Gasteiger charge is 2.24. The van der Waals surface area contributed by atoms with Crippen LogP contribution in [0, 0.1) is 0 Å². The molecule has 1 heterocycles. The maximum absolute atomic E-state index is 12.5. The third kappa shape index (κ3) is 3.61. The van der Waals surface area contributed by atoms with Crippen LogP contribution in [0.2, 0.25) is 0 Å². The molecule has 0 radical (unpaired) electrons. The van der Waals surface area contributed by atoms with E-state index in [0.29, 0.717) is 11.4 Å². The zero-order valence-electron chi connectivity index (χ0n) is 13.6. The Morgan fingerprint density at radius 1 is 1.35 bits per heavy atom. The van der Waals surface area contributed by atoms with Gasteiger partial charge in [-0.1, -0.05) is 31.1 Å². The van der Waals surface area contributed by atoms with Crippen molar-refractivity contribution in [3.05, 3.63) is 41.8 Å². The summed E-state index contributed by atoms with van der Waals surface area (Å²) in [4.78, 5) is 13.9. The summed E-state index contributed by atoms with van der Waals surface area (Å²) in [5, 5.41) is 3.91. The molecule has 0 saturated carbocycles. The molecule has 0 aliphatic rings. The van der Waals surface area contributed by atoms with Crippen molar-refractivity contribution >= 4 is 21.4 Å². The third-order valence-corrected chi connectivity index (χ3v) is 4.93. The van der Waals surface area contributed by atoms with E-state index in [1.165, 1.54) is 18.0 Å². The molecule has 1 unspecified atom stereocenters. The van der Waals surface area contributed by atoms with Crippen molar-refractivity contribution < 1.29 is 17.7 Å². The Balaban J connectivity index is 2.36. The van der Waals surface area contributed by atoms with Crippen LogP contribution in [0.5, 0.6) is 0 Å². The number of rotatable bonds is 5. The first-order chi connectivity index (χ1) is 10.8. The summed E-state index contributed by atoms with van der Waals surface area (Å²) >= 11 is 0. The zero-order valence-corrected chi connectivity index (χ0v) is 14.4. The number of nitrogens with zero attached hydrogens (tertiary/aromatic N) is 2. The zero-order chi connectivity index (χ0) is 17.2. The molecule has 1 atom stereocenters. The van der Waals surface area contributed by atoms with Gasteiger partial charge in [0.05, 0.1) is 16.3 Å². The highest BCUT2D eigenvalue weighted by molar-refractivity contribution is 7.90. The summed E-state index contributed by atoms with van der Waals surface area (Å²) in [7, 11) is -1.93. The van der Waals surface area contributed by atoms with Crippen LogP contribution in [-0.4, -0.2) is 32.8 Å². The molecule has 0 spiro atoms. The predicted molar refractivity (Wildman–Crippen MR) is 87.5 cm³/mol. The first-order valence-corrected chi connectivity index (χ1v) is 9.18. The summed E-state index contributed by atoms with van der Waals surface area (Å²) in [5.74, 6) is -0.164. The van der Waals surface area contributed by atoms with Crippen molar-refractivity contribution in [2.24, 2.45) is 0 Å². The number of benzene rings is 1. The second-order valence-corrected chi connectivity index (χ2v) is 7.51. The molecule has 0 aliphatic heterocycles. The molecular weight excluding hydrogens is 316 g/mol. The smallest absolute Gasteiger partial charge is 0.296 e. The van der Waals surface area contributed by atoms with E-state index in [4.69, 9.17) is 4.52 Å². The fraction of sp³-hybridized carbons (Fsp3) is 0.375. The quantitative estimate of drug-likeness (QED) is 0.838. The first kappa shape index (κ1) is 17.2. The fourth-order valence-electron chi connectivity index (χ4n) is 2.15. The number of carbonyl (C=O) groups excluding carboxylic acids is 1. The monoisotopic (exact) mass is 336 g/mol. The Hall–Kier alpha value is -2.15. The van der Waals surface area contributed by atoms with Gasteiger partial charge in [-0.25, -0.2) is 8.42 Å². The van der Waals surface area contributed by atoms with E-state index in [2.05, 4.69) is 5.16 Å². The minimum atomic E-state index is -3.45. The number of hydrogen-bond acceptors (Lipinski definition) is 5. The summed E-state index contributed by atoms with van der Waals surface area (Å²) in [5.41, 5.74) is 1.02. The lowest BCUT2D eigenvalue weighted by atomic mass is 10.1. The van der Waals surface area contributed by atoms with E-state index < -0.39 is 15.7 Å². The second kappa shape index (κ2) is 6.54. The van der Waals surface area contributed by atoms with Gasteiger partial charge in [0.2, 0.25) is 5.76 Å². The molecule has 0 N–H and O–H groups in total. The van der Waals surface area contributed by atoms with Gasteiger partial charge in [-0.05, 0) is 18.6 Å². The van der Waals surface area contributed by atoms with Crippen LogP contribution >= 0.6 is 0 Å². The summed E-state index contributed by atoms with van der Waals surface area (Å²) < 4.78 is 28.9. The minimum absolute atomic E-state index is 0.0890. The second-order valence-electron chi connectivity index (χ2n) is 5.53. The van der Waals surface area contributed by atoms with Crippen LogP contribution in [0.25, 0.3) is 0 Å². The fourth-order valence-corrected chi connectivity index (χ4v) is 3.06. The van der Waals surface area contributed by atoms with Crippen molar-refractivity contribution in [1.29, 1.82) is 0 Å². The highest BCUT2D eigenvalue weighted by atomic mass is 32.2. The first-order valence-electron chi connectivity index (χ1n) is 7.29. The third-order valence-electron chi connectivity index (χ3n) is 3.79. The van der Waals surface area contributed by atoms with Gasteiger partial charge in [0.1, 0.15) is 0 Å². The van der Waals surface area contributed by atoms with Crippen molar-refractivity contribution in [3.8, 4) is 0 Å². The Morgan fingerprint density at radius 3 is 2.61 bits per heavy atom. The number of hydrogen-bond donors (Lipinski definition) is 0. The maximum Gasteiger partial charge on any atom is 0.296 e. The van der Waals surface area contributed by atoms with E-state index >= 15 is 0 Å². The average molecular weight is 336 g/mol. The van der Waals surface area contributed by atoms with Crippen LogP contribution in [0.1, 0.15) is 42.4 Å². The number of anilines is 1. The molecule has 0 bridgehead atoms. The van der Waals surface area contributed by atoms with Crippen LogP contribution in [0.4, 0.5) is 5.69 Å². The molecule has 0 fully saturated rings. The van der Waals surface area contributed by atoms with Gasteiger partial charge in [-0.15, -0.1) is 0 Å². The van der Waals surface area contributed by atoms with Crippen molar-refractivity contribution in [1.82, 2.24) is 5.16 Å². The maximum atomic E-state index is 12.5. The van der Waals surface area contributed by atoms with Gasteiger partial charge in [0.15, 0.2) is 9.84 Å². The lowest BCUT2D eigenvalue weighted by molar-refractivity contribution is 0.0957. The number of amides is 1. The summed E-state index contributed by atoms with van der Waals surface area (Å²) in [6.07, 6.45) is 1.99. The molecule has 1 aromatic heterocycles. The topological polar surface area (TPSA) is 80.5 Å². The number of para-hydroxylation sites is 1. The molecule has 1 aromatic carbocycles. The van der Waals surface area contributed by atoms with Crippen LogP contribution in [-0.2, 0) is 9.84 Å². The van der Waals surface area contributed by atoms with Gasteiger partial charge >= 0.3 is 0 Å². The molecular formula is C16H20N2O4S. The van der Waals surface area contributed by atoms with Gasteiger partial charge in [-0.2, -0.15) is 0 Å². The SMILES string of the molecule is CCC(C)c1cc(C(=O)N(C)c2ccccc2S(C)(=O)=O)on1. The molecule has 23 heavy (non-hydrogen) atoms. The van der Waals surface area contributed by atoms with E-state index in [1.807, 2.05) is 13.8 Å². The Morgan fingerprint density at radius 2 is 2.00 bits per heavy atom. The van der Waals surface area contributed by atoms with Crippen molar-refractivity contribution in [2.75, 3.05) is 18.2 Å². The normalized spacial score (nSPS) is 12.9. The molecule has 2 aromatic rings. The number of aromatic nitrogens is 1. The molecule has 7 heteroatoms. The predicted octanol–water partition coefficient (Wildman–Crippen LogP) is 2.87. The van der Waals surface area contributed by atoms with Gasteiger partial charge in [-0.3, -0.25) is 4.79 Å². The molecule has 1 amide bonds. The van der Waals surface area contributed by atoms with E-state index in [0.717, 1.165) is 12.7 Å². The summed E-state index contributed by atoms with van der Waals surface area (Å²) in [6.45, 7) is 4.02. The molecule has 6 nitrogen and oxygen atoms in total. The van der Waals surface area contributed by atoms with Gasteiger partial charge in [0.25, 0.3) is 5.91 Å². The molecule has 0 saturated heterocycles. The molecule has 124 valence electrons. The van der Waals surface area contributed by atoms with Crippen LogP contribution < -0.4 is 4.90 Å². The average Bonchev–Trinajstić information content (AvgIpc) is 3.01. The Labute approximate surface area is 136 Å². The van der Waals surface area contributed by atoms with Crippen LogP contribution in [0.15, 0.2) is 39.8 Å². The van der Waals surface area contributed by atoms with Crippen LogP contribution in [0.3, 0.4) is 0 Å². The van der Waals surface area contributed by atoms with E-state index in [9.17, 15) is 13.2 Å². The Kier molecular flexibility index (Phi) is 4.89. The standard InChI is InChI=1S/C16H20N2O4S/c1-5-11(2)12-10-14(22-17-12)16(19)18(3)13-8-6-7-9-15(13)23(4,20)21/h6-11H,5H2,1-4H3. The van der Waals surface area contributed by atoms with Gasteiger partial charge < -0.3 is 9.42 Å². The lowest BCUT2D eigenvalue weighted by Gasteiger charge is -2.18. The molecule has 0 aliphatic carbocycles. The summed E-state index contributed by atoms with van der Waals surface area (Å²) in [6, 6.07) is 7.96. The lowest BCUT2D eigenvalue weighted by Crippen LogP contribution is -2.27. The van der Waals surface area contributed by atoms with E-state index in [1.54, 1.807) is 24.3 Å². The molecule has 2 rings (SSSR count).